The molecule has 0 rings (SSSR count). The van der Waals surface area contributed by atoms with Gasteiger partial charge in [0, 0.05) is 5.25 Å². The molecule has 0 aromatic carbocycles. The summed E-state index contributed by atoms with van der Waals surface area (Å²) in [4.78, 5) is 0. The van der Waals surface area contributed by atoms with E-state index < -0.39 is 0 Å². The lowest BCUT2D eigenvalue weighted by atomic mass is 10.0. The first kappa shape index (κ1) is 14.8. The molecule has 0 aromatic heterocycles. The molecule has 2 nitrogen and oxygen atoms in total. The Morgan fingerprint density at radius 3 is 2.60 bits per heavy atom. The van der Waals surface area contributed by atoms with Gasteiger partial charge in [0.05, 0.1) is 6.07 Å². The molecule has 88 valence electrons. The summed E-state index contributed by atoms with van der Waals surface area (Å²) in [6, 6.07) is 2.38. The van der Waals surface area contributed by atoms with Gasteiger partial charge in [0.2, 0.25) is 0 Å². The first-order valence-corrected chi connectivity index (χ1v) is 6.90. The molecule has 0 amide bonds. The highest BCUT2D eigenvalue weighted by Gasteiger charge is 2.22. The van der Waals surface area contributed by atoms with Crippen molar-refractivity contribution in [3.05, 3.63) is 0 Å². The largest absolute Gasteiger partial charge is 0.300 e. The molecule has 0 aliphatic rings. The normalized spacial score (nSPS) is 16.7. The number of nitrogens with one attached hydrogen (secondary N) is 1. The summed E-state index contributed by atoms with van der Waals surface area (Å²) in [6.45, 7) is 9.50. The zero-order chi connectivity index (χ0) is 11.7. The van der Waals surface area contributed by atoms with Crippen LogP contribution in [0.25, 0.3) is 0 Å². The van der Waals surface area contributed by atoms with E-state index in [1.54, 1.807) is 0 Å². The molecule has 0 saturated carbocycles. The van der Waals surface area contributed by atoms with Gasteiger partial charge in [0.15, 0.2) is 0 Å². The fraction of sp³-hybridized carbons (Fsp3) is 0.917. The van der Waals surface area contributed by atoms with Crippen molar-refractivity contribution in [2.24, 2.45) is 0 Å². The Morgan fingerprint density at radius 1 is 1.47 bits per heavy atom. The van der Waals surface area contributed by atoms with Crippen LogP contribution in [0.1, 0.15) is 47.0 Å². The molecular weight excluding hydrogens is 204 g/mol. The maximum Gasteiger partial charge on any atom is 0.104 e. The number of thioether (sulfide) groups is 1. The lowest BCUT2D eigenvalue weighted by Crippen LogP contribution is -2.41. The van der Waals surface area contributed by atoms with Crippen LogP contribution in [-0.2, 0) is 0 Å². The molecule has 0 spiro atoms. The van der Waals surface area contributed by atoms with Gasteiger partial charge in [-0.1, -0.05) is 20.8 Å². The molecule has 2 atom stereocenters. The summed E-state index contributed by atoms with van der Waals surface area (Å²) in [7, 11) is 0. The van der Waals surface area contributed by atoms with Crippen LogP contribution >= 0.6 is 11.8 Å². The Balaban J connectivity index is 3.83. The van der Waals surface area contributed by atoms with E-state index in [1.165, 1.54) is 6.42 Å². The molecule has 1 N–H and O–H groups in total. The highest BCUT2D eigenvalue weighted by atomic mass is 32.2. The van der Waals surface area contributed by atoms with Gasteiger partial charge in [-0.05, 0) is 38.5 Å². The summed E-state index contributed by atoms with van der Waals surface area (Å²) < 4.78 is 0. The van der Waals surface area contributed by atoms with Crippen molar-refractivity contribution in [1.82, 2.24) is 5.32 Å². The molecule has 3 heteroatoms. The number of hydrogen-bond acceptors (Lipinski definition) is 3. The van der Waals surface area contributed by atoms with Crippen LogP contribution in [0.3, 0.4) is 0 Å². The highest BCUT2D eigenvalue weighted by Crippen LogP contribution is 2.19. The standard InChI is InChI=1S/C12H24N2S/c1-5-8-14-12(4,10-13)7-9-15-11(3)6-2/h11,14H,5-9H2,1-4H3. The van der Waals surface area contributed by atoms with Gasteiger partial charge in [0.25, 0.3) is 0 Å². The molecule has 0 heterocycles. The minimum absolute atomic E-state index is 0.337. The van der Waals surface area contributed by atoms with E-state index in [9.17, 15) is 0 Å². The van der Waals surface area contributed by atoms with Crippen molar-refractivity contribution in [2.45, 2.75) is 57.7 Å². The van der Waals surface area contributed by atoms with E-state index >= 15 is 0 Å². The third kappa shape index (κ3) is 6.81. The number of hydrogen-bond donors (Lipinski definition) is 1. The summed E-state index contributed by atoms with van der Waals surface area (Å²) in [5, 5.41) is 13.1. The van der Waals surface area contributed by atoms with Gasteiger partial charge in [-0.3, -0.25) is 5.32 Å². The van der Waals surface area contributed by atoms with Gasteiger partial charge >= 0.3 is 0 Å². The predicted octanol–water partition coefficient (Wildman–Crippen LogP) is 3.19. The Labute approximate surface area is 98.8 Å². The first-order valence-electron chi connectivity index (χ1n) is 5.85. The fourth-order valence-corrected chi connectivity index (χ4v) is 2.33. The summed E-state index contributed by atoms with van der Waals surface area (Å²) in [5.41, 5.74) is -0.337. The van der Waals surface area contributed by atoms with Gasteiger partial charge < -0.3 is 0 Å². The SMILES string of the molecule is CCCNC(C)(C#N)CCSC(C)CC. The van der Waals surface area contributed by atoms with Crippen LogP contribution in [0.15, 0.2) is 0 Å². The van der Waals surface area contributed by atoms with Gasteiger partial charge in [0.1, 0.15) is 5.54 Å². The van der Waals surface area contributed by atoms with Crippen molar-refractivity contribution in [3.63, 3.8) is 0 Å². The Hall–Kier alpha value is -0.200. The van der Waals surface area contributed by atoms with Crippen molar-refractivity contribution in [2.75, 3.05) is 12.3 Å². The average Bonchev–Trinajstić information content (AvgIpc) is 2.26. The molecule has 0 radical (unpaired) electrons. The molecule has 2 unspecified atom stereocenters. The van der Waals surface area contributed by atoms with Crippen molar-refractivity contribution in [1.29, 1.82) is 5.26 Å². The smallest absolute Gasteiger partial charge is 0.104 e. The maximum atomic E-state index is 9.11. The first-order chi connectivity index (χ1) is 7.08. The zero-order valence-corrected chi connectivity index (χ0v) is 11.3. The second-order valence-corrected chi connectivity index (χ2v) is 5.76. The minimum atomic E-state index is -0.337. The van der Waals surface area contributed by atoms with E-state index in [0.717, 1.165) is 25.1 Å². The average molecular weight is 228 g/mol. The van der Waals surface area contributed by atoms with Gasteiger partial charge in [-0.15, -0.1) is 0 Å². The lowest BCUT2D eigenvalue weighted by Gasteiger charge is -2.23. The number of rotatable bonds is 8. The Bertz CT molecular complexity index is 200. The van der Waals surface area contributed by atoms with Gasteiger partial charge in [-0.2, -0.15) is 17.0 Å². The minimum Gasteiger partial charge on any atom is -0.300 e. The van der Waals surface area contributed by atoms with E-state index in [2.05, 4.69) is 32.2 Å². The van der Waals surface area contributed by atoms with Crippen molar-refractivity contribution >= 4 is 11.8 Å². The van der Waals surface area contributed by atoms with E-state index in [0.29, 0.717) is 5.25 Å². The maximum absolute atomic E-state index is 9.11. The second-order valence-electron chi connectivity index (χ2n) is 4.21. The Morgan fingerprint density at radius 2 is 2.13 bits per heavy atom. The van der Waals surface area contributed by atoms with E-state index in [-0.39, 0.29) is 5.54 Å². The second kappa shape index (κ2) is 8.01. The van der Waals surface area contributed by atoms with Crippen LogP contribution in [0.4, 0.5) is 0 Å². The summed E-state index contributed by atoms with van der Waals surface area (Å²) >= 11 is 1.96. The van der Waals surface area contributed by atoms with Crippen molar-refractivity contribution < 1.29 is 0 Å². The predicted molar refractivity (Wildman–Crippen MR) is 69.1 cm³/mol. The third-order valence-corrected chi connectivity index (χ3v) is 3.93. The highest BCUT2D eigenvalue weighted by molar-refractivity contribution is 7.99. The molecule has 0 aliphatic heterocycles. The fourth-order valence-electron chi connectivity index (χ4n) is 1.17. The van der Waals surface area contributed by atoms with E-state index in [1.807, 2.05) is 18.7 Å². The summed E-state index contributed by atoms with van der Waals surface area (Å²) in [5.74, 6) is 1.07. The van der Waals surface area contributed by atoms with Gasteiger partial charge in [-0.25, -0.2) is 0 Å². The molecule has 0 fully saturated rings. The number of nitriles is 1. The topological polar surface area (TPSA) is 35.8 Å². The van der Waals surface area contributed by atoms with Crippen LogP contribution in [-0.4, -0.2) is 23.1 Å². The summed E-state index contributed by atoms with van der Waals surface area (Å²) in [6.07, 6.45) is 3.21. The van der Waals surface area contributed by atoms with E-state index in [4.69, 9.17) is 5.26 Å². The van der Waals surface area contributed by atoms with Crippen LogP contribution in [0, 0.1) is 11.3 Å². The van der Waals surface area contributed by atoms with Crippen LogP contribution in [0.5, 0.6) is 0 Å². The quantitative estimate of drug-likeness (QED) is 0.693. The zero-order valence-electron chi connectivity index (χ0n) is 10.5. The molecule has 0 saturated heterocycles. The Kier molecular flexibility index (Phi) is 7.90. The monoisotopic (exact) mass is 228 g/mol. The number of nitrogens with zero attached hydrogens (tertiary/aromatic N) is 1. The molecule has 0 bridgehead atoms. The van der Waals surface area contributed by atoms with Crippen molar-refractivity contribution in [3.8, 4) is 6.07 Å². The molecule has 15 heavy (non-hydrogen) atoms. The van der Waals surface area contributed by atoms with Crippen LogP contribution in [0.2, 0.25) is 0 Å². The molecule has 0 aromatic rings. The van der Waals surface area contributed by atoms with Crippen LogP contribution < -0.4 is 5.32 Å². The third-order valence-electron chi connectivity index (χ3n) is 2.59. The molecule has 0 aliphatic carbocycles. The molecular formula is C12H24N2S. The lowest BCUT2D eigenvalue weighted by molar-refractivity contribution is 0.437.